The maximum Gasteiger partial charge on any atom is 0.224 e. The first-order valence-electron chi connectivity index (χ1n) is 7.06. The molecule has 0 saturated carbocycles. The van der Waals surface area contributed by atoms with Crippen molar-refractivity contribution in [3.05, 3.63) is 54.4 Å². The van der Waals surface area contributed by atoms with Crippen molar-refractivity contribution in [2.75, 3.05) is 6.54 Å². The van der Waals surface area contributed by atoms with Gasteiger partial charge in [0.15, 0.2) is 0 Å². The van der Waals surface area contributed by atoms with Gasteiger partial charge >= 0.3 is 0 Å². The molecule has 1 aromatic heterocycles. The van der Waals surface area contributed by atoms with Crippen LogP contribution in [0.5, 0.6) is 0 Å². The lowest BCUT2D eigenvalue weighted by Crippen LogP contribution is -2.33. The van der Waals surface area contributed by atoms with E-state index >= 15 is 0 Å². The van der Waals surface area contributed by atoms with Gasteiger partial charge in [0.25, 0.3) is 0 Å². The molecule has 1 saturated heterocycles. The fourth-order valence-corrected chi connectivity index (χ4v) is 2.79. The van der Waals surface area contributed by atoms with Crippen LogP contribution < -0.4 is 0 Å². The van der Waals surface area contributed by atoms with Crippen molar-refractivity contribution < 1.29 is 4.79 Å². The molecule has 0 N–H and O–H groups in total. The summed E-state index contributed by atoms with van der Waals surface area (Å²) in [5.41, 5.74) is 1.11. The average Bonchev–Trinajstić information content (AvgIpc) is 3.15. The summed E-state index contributed by atoms with van der Waals surface area (Å²) < 4.78 is 1.86. The van der Waals surface area contributed by atoms with Crippen LogP contribution in [0.3, 0.4) is 0 Å². The number of likely N-dealkylation sites (tertiary alicyclic amines) is 1. The van der Waals surface area contributed by atoms with E-state index in [4.69, 9.17) is 6.42 Å². The van der Waals surface area contributed by atoms with Crippen molar-refractivity contribution in [2.24, 2.45) is 5.92 Å². The molecule has 1 aliphatic rings. The molecule has 2 aromatic rings. The van der Waals surface area contributed by atoms with Crippen LogP contribution in [-0.4, -0.2) is 27.1 Å². The Morgan fingerprint density at radius 1 is 1.33 bits per heavy atom. The van der Waals surface area contributed by atoms with E-state index in [-0.39, 0.29) is 17.9 Å². The Morgan fingerprint density at radius 2 is 2.14 bits per heavy atom. The van der Waals surface area contributed by atoms with Crippen molar-refractivity contribution in [1.29, 1.82) is 0 Å². The van der Waals surface area contributed by atoms with Gasteiger partial charge < -0.3 is 4.90 Å². The molecule has 2 atom stereocenters. The van der Waals surface area contributed by atoms with E-state index in [1.807, 2.05) is 52.2 Å². The van der Waals surface area contributed by atoms with Crippen LogP contribution in [0.2, 0.25) is 0 Å². The minimum Gasteiger partial charge on any atom is -0.332 e. The third-order valence-electron chi connectivity index (χ3n) is 3.87. The largest absolute Gasteiger partial charge is 0.332 e. The summed E-state index contributed by atoms with van der Waals surface area (Å²) in [6.45, 7) is 1.26. The second-order valence-corrected chi connectivity index (χ2v) is 5.27. The van der Waals surface area contributed by atoms with Crippen LogP contribution >= 0.6 is 0 Å². The van der Waals surface area contributed by atoms with Crippen LogP contribution in [0.25, 0.3) is 0 Å². The Labute approximate surface area is 124 Å². The van der Waals surface area contributed by atoms with Gasteiger partial charge in [-0.05, 0) is 11.6 Å². The molecule has 4 heteroatoms. The molecule has 106 valence electrons. The number of benzene rings is 1. The molecule has 0 radical (unpaired) electrons. The first-order chi connectivity index (χ1) is 10.3. The summed E-state index contributed by atoms with van der Waals surface area (Å²) in [5.74, 6) is 2.84. The monoisotopic (exact) mass is 279 g/mol. The topological polar surface area (TPSA) is 38.1 Å². The predicted molar refractivity (Wildman–Crippen MR) is 80.1 cm³/mol. The van der Waals surface area contributed by atoms with E-state index in [0.29, 0.717) is 19.5 Å². The molecule has 2 heterocycles. The lowest BCUT2D eigenvalue weighted by atomic mass is 10.1. The standard InChI is InChI=1S/C17H17N3O/c1-2-14-11-17(21)20(12-14)16(13-19-10-6-9-18-19)15-7-4-3-5-8-15/h1,3-10,14,16H,11-13H2. The Kier molecular flexibility index (Phi) is 3.74. The molecule has 0 aliphatic carbocycles. The maximum absolute atomic E-state index is 12.3. The smallest absolute Gasteiger partial charge is 0.224 e. The van der Waals surface area contributed by atoms with E-state index < -0.39 is 0 Å². The van der Waals surface area contributed by atoms with Gasteiger partial charge in [0, 0.05) is 31.3 Å². The SMILES string of the molecule is C#CC1CC(=O)N(C(Cn2cccn2)c2ccccc2)C1. The third-order valence-corrected chi connectivity index (χ3v) is 3.87. The summed E-state index contributed by atoms with van der Waals surface area (Å²) in [7, 11) is 0. The van der Waals surface area contributed by atoms with Gasteiger partial charge in [-0.3, -0.25) is 9.48 Å². The summed E-state index contributed by atoms with van der Waals surface area (Å²) in [6, 6.07) is 11.9. The zero-order chi connectivity index (χ0) is 14.7. The number of carbonyl (C=O) groups excluding carboxylic acids is 1. The molecule has 1 aliphatic heterocycles. The Bertz CT molecular complexity index is 642. The second kappa shape index (κ2) is 5.84. The fourth-order valence-electron chi connectivity index (χ4n) is 2.79. The molecule has 1 amide bonds. The van der Waals surface area contributed by atoms with Gasteiger partial charge in [0.1, 0.15) is 0 Å². The van der Waals surface area contributed by atoms with Crippen molar-refractivity contribution in [3.8, 4) is 12.3 Å². The summed E-state index contributed by atoms with van der Waals surface area (Å²) in [5, 5.41) is 4.26. The Morgan fingerprint density at radius 3 is 2.76 bits per heavy atom. The highest BCUT2D eigenvalue weighted by molar-refractivity contribution is 5.79. The molecule has 3 rings (SSSR count). The number of terminal acetylenes is 1. The number of rotatable bonds is 4. The molecule has 0 bridgehead atoms. The minimum absolute atomic E-state index is 0.0151. The highest BCUT2D eigenvalue weighted by Crippen LogP contribution is 2.29. The number of hydrogen-bond donors (Lipinski definition) is 0. The van der Waals surface area contributed by atoms with Crippen molar-refractivity contribution >= 4 is 5.91 Å². The van der Waals surface area contributed by atoms with Gasteiger partial charge in [-0.1, -0.05) is 30.3 Å². The molecule has 1 aromatic carbocycles. The number of amides is 1. The van der Waals surface area contributed by atoms with Gasteiger partial charge in [0.05, 0.1) is 12.6 Å². The summed E-state index contributed by atoms with van der Waals surface area (Å²) in [4.78, 5) is 14.2. The highest BCUT2D eigenvalue weighted by atomic mass is 16.2. The lowest BCUT2D eigenvalue weighted by molar-refractivity contribution is -0.130. The van der Waals surface area contributed by atoms with Crippen LogP contribution in [0.1, 0.15) is 18.0 Å². The van der Waals surface area contributed by atoms with Crippen LogP contribution in [0, 0.1) is 18.3 Å². The second-order valence-electron chi connectivity index (χ2n) is 5.27. The normalized spacial score (nSPS) is 19.5. The first kappa shape index (κ1) is 13.4. The Balaban J connectivity index is 1.89. The molecule has 0 spiro atoms. The zero-order valence-electron chi connectivity index (χ0n) is 11.7. The maximum atomic E-state index is 12.3. The van der Waals surface area contributed by atoms with Gasteiger partial charge in [0.2, 0.25) is 5.91 Å². The van der Waals surface area contributed by atoms with E-state index in [2.05, 4.69) is 11.0 Å². The molecule has 4 nitrogen and oxygen atoms in total. The zero-order valence-corrected chi connectivity index (χ0v) is 11.7. The van der Waals surface area contributed by atoms with Crippen LogP contribution in [0.15, 0.2) is 48.8 Å². The Hall–Kier alpha value is -2.54. The quantitative estimate of drug-likeness (QED) is 0.804. The number of hydrogen-bond acceptors (Lipinski definition) is 2. The van der Waals surface area contributed by atoms with Gasteiger partial charge in [-0.2, -0.15) is 5.10 Å². The summed E-state index contributed by atoms with van der Waals surface area (Å²) in [6.07, 6.45) is 9.59. The van der Waals surface area contributed by atoms with Crippen LogP contribution in [0.4, 0.5) is 0 Å². The van der Waals surface area contributed by atoms with Crippen molar-refractivity contribution in [2.45, 2.75) is 19.0 Å². The van der Waals surface area contributed by atoms with Gasteiger partial charge in [-0.25, -0.2) is 0 Å². The predicted octanol–water partition coefficient (Wildman–Crippen LogP) is 2.11. The molecule has 1 fully saturated rings. The van der Waals surface area contributed by atoms with Crippen molar-refractivity contribution in [1.82, 2.24) is 14.7 Å². The van der Waals surface area contributed by atoms with E-state index in [1.54, 1.807) is 6.20 Å². The summed E-state index contributed by atoms with van der Waals surface area (Å²) >= 11 is 0. The third kappa shape index (κ3) is 2.82. The van der Waals surface area contributed by atoms with Crippen molar-refractivity contribution in [3.63, 3.8) is 0 Å². The van der Waals surface area contributed by atoms with E-state index in [1.165, 1.54) is 0 Å². The number of carbonyl (C=O) groups is 1. The number of aromatic nitrogens is 2. The van der Waals surface area contributed by atoms with E-state index in [9.17, 15) is 4.79 Å². The molecular formula is C17H17N3O. The molecule has 21 heavy (non-hydrogen) atoms. The average molecular weight is 279 g/mol. The van der Waals surface area contributed by atoms with Gasteiger partial charge in [-0.15, -0.1) is 12.3 Å². The number of nitrogens with zero attached hydrogens (tertiary/aromatic N) is 3. The van der Waals surface area contributed by atoms with E-state index in [0.717, 1.165) is 5.56 Å². The first-order valence-corrected chi connectivity index (χ1v) is 7.06. The lowest BCUT2D eigenvalue weighted by Gasteiger charge is -2.28. The molecular weight excluding hydrogens is 262 g/mol. The van der Waals surface area contributed by atoms with Crippen LogP contribution in [-0.2, 0) is 11.3 Å². The minimum atomic E-state index is -0.0306. The highest BCUT2D eigenvalue weighted by Gasteiger charge is 2.34. The fraction of sp³-hybridized carbons (Fsp3) is 0.294. The molecule has 2 unspecified atom stereocenters.